The number of hydrogen-bond acceptors (Lipinski definition) is 2. The van der Waals surface area contributed by atoms with Crippen molar-refractivity contribution in [1.82, 2.24) is 0 Å². The highest BCUT2D eigenvalue weighted by molar-refractivity contribution is 5.92. The maximum atomic E-state index is 14.0. The summed E-state index contributed by atoms with van der Waals surface area (Å²) >= 11 is 0. The van der Waals surface area contributed by atoms with E-state index in [-0.39, 0.29) is 11.2 Å². The first-order valence-corrected chi connectivity index (χ1v) is 7.59. The minimum atomic E-state index is -0.197. The van der Waals surface area contributed by atoms with Gasteiger partial charge in [0.15, 0.2) is 5.96 Å². The fraction of sp³-hybridized carbons (Fsp3) is 0.278. The molecule has 0 spiro atoms. The number of ether oxygens (including phenoxy) is 1. The molecular weight excluding hydrogens is 293 g/mol. The Labute approximate surface area is 135 Å². The van der Waals surface area contributed by atoms with Crippen molar-refractivity contribution in [2.75, 3.05) is 19.0 Å². The zero-order valence-electron chi connectivity index (χ0n) is 13.1. The Balaban J connectivity index is 1.66. The predicted octanol–water partition coefficient (Wildman–Crippen LogP) is 3.29. The standard InChI is InChI=1S/C18H20FN3O/c1-23-14-8-6-13(7-9-14)22-17(20)21-12-18(10-11-18)15-4-2-3-5-16(15)19/h2-9H,10-12H2,1H3,(H3,20,21,22). The Bertz CT molecular complexity index is 708. The van der Waals surface area contributed by atoms with Crippen molar-refractivity contribution < 1.29 is 9.13 Å². The summed E-state index contributed by atoms with van der Waals surface area (Å²) in [7, 11) is 1.62. The first kappa shape index (κ1) is 15.3. The Hall–Kier alpha value is -2.56. The van der Waals surface area contributed by atoms with Crippen molar-refractivity contribution in [3.8, 4) is 5.75 Å². The van der Waals surface area contributed by atoms with E-state index in [1.54, 1.807) is 13.2 Å². The van der Waals surface area contributed by atoms with Crippen LogP contribution in [0.15, 0.2) is 53.5 Å². The molecule has 120 valence electrons. The number of nitrogens with two attached hydrogens (primary N) is 1. The predicted molar refractivity (Wildman–Crippen MR) is 90.4 cm³/mol. The van der Waals surface area contributed by atoms with Crippen LogP contribution >= 0.6 is 0 Å². The topological polar surface area (TPSA) is 59.6 Å². The van der Waals surface area contributed by atoms with E-state index in [2.05, 4.69) is 10.3 Å². The van der Waals surface area contributed by atoms with Crippen molar-refractivity contribution in [1.29, 1.82) is 0 Å². The molecule has 0 atom stereocenters. The number of guanidine groups is 1. The molecule has 0 unspecified atom stereocenters. The molecule has 1 fully saturated rings. The van der Waals surface area contributed by atoms with Crippen molar-refractivity contribution in [2.24, 2.45) is 10.7 Å². The van der Waals surface area contributed by atoms with Gasteiger partial charge in [0.2, 0.25) is 0 Å². The maximum Gasteiger partial charge on any atom is 0.193 e. The highest BCUT2D eigenvalue weighted by Gasteiger charge is 2.45. The number of nitrogens with zero attached hydrogens (tertiary/aromatic N) is 1. The Morgan fingerprint density at radius 3 is 2.52 bits per heavy atom. The average Bonchev–Trinajstić information content (AvgIpc) is 3.35. The number of methoxy groups -OCH3 is 1. The van der Waals surface area contributed by atoms with Crippen molar-refractivity contribution >= 4 is 11.6 Å². The van der Waals surface area contributed by atoms with E-state index in [0.29, 0.717) is 12.5 Å². The van der Waals surface area contributed by atoms with Crippen LogP contribution in [0.4, 0.5) is 10.1 Å². The number of aliphatic imine (C=N–C) groups is 1. The highest BCUT2D eigenvalue weighted by atomic mass is 19.1. The van der Waals surface area contributed by atoms with Gasteiger partial charge in [-0.05, 0) is 48.7 Å². The number of nitrogens with one attached hydrogen (secondary N) is 1. The van der Waals surface area contributed by atoms with Crippen LogP contribution in [0.2, 0.25) is 0 Å². The van der Waals surface area contributed by atoms with Gasteiger partial charge in [-0.25, -0.2) is 4.39 Å². The van der Waals surface area contributed by atoms with Crippen LogP contribution < -0.4 is 15.8 Å². The third-order valence-corrected chi connectivity index (χ3v) is 4.21. The minimum Gasteiger partial charge on any atom is -0.497 e. The Kier molecular flexibility index (Phi) is 4.19. The van der Waals surface area contributed by atoms with Gasteiger partial charge in [0.25, 0.3) is 0 Å². The summed E-state index contributed by atoms with van der Waals surface area (Å²) in [6.45, 7) is 0.489. The van der Waals surface area contributed by atoms with Gasteiger partial charge in [0, 0.05) is 11.1 Å². The number of rotatable bonds is 5. The summed E-state index contributed by atoms with van der Waals surface area (Å²) in [6, 6.07) is 14.3. The van der Waals surface area contributed by atoms with E-state index < -0.39 is 0 Å². The summed E-state index contributed by atoms with van der Waals surface area (Å²) in [5.74, 6) is 0.946. The van der Waals surface area contributed by atoms with Crippen LogP contribution in [0.3, 0.4) is 0 Å². The van der Waals surface area contributed by atoms with E-state index in [1.807, 2.05) is 36.4 Å². The van der Waals surface area contributed by atoms with E-state index in [1.165, 1.54) is 6.07 Å². The van der Waals surface area contributed by atoms with Gasteiger partial charge in [-0.15, -0.1) is 0 Å². The second-order valence-electron chi connectivity index (χ2n) is 5.82. The third kappa shape index (κ3) is 3.44. The van der Waals surface area contributed by atoms with Crippen molar-refractivity contribution in [3.63, 3.8) is 0 Å². The number of anilines is 1. The fourth-order valence-electron chi connectivity index (χ4n) is 2.65. The molecule has 3 N–H and O–H groups in total. The zero-order valence-corrected chi connectivity index (χ0v) is 13.1. The molecule has 0 radical (unpaired) electrons. The summed E-state index contributed by atoms with van der Waals surface area (Å²) in [5, 5.41) is 3.04. The lowest BCUT2D eigenvalue weighted by atomic mass is 9.95. The first-order valence-electron chi connectivity index (χ1n) is 7.59. The summed E-state index contributed by atoms with van der Waals surface area (Å²) in [5.41, 5.74) is 7.32. The minimum absolute atomic E-state index is 0.165. The smallest absolute Gasteiger partial charge is 0.193 e. The zero-order chi connectivity index (χ0) is 16.3. The highest BCUT2D eigenvalue weighted by Crippen LogP contribution is 2.49. The molecule has 4 nitrogen and oxygen atoms in total. The number of benzene rings is 2. The molecule has 1 aliphatic carbocycles. The number of hydrogen-bond donors (Lipinski definition) is 2. The van der Waals surface area contributed by atoms with E-state index in [0.717, 1.165) is 29.8 Å². The summed E-state index contributed by atoms with van der Waals surface area (Å²) in [6.07, 6.45) is 1.88. The Morgan fingerprint density at radius 1 is 1.22 bits per heavy atom. The van der Waals surface area contributed by atoms with Crippen LogP contribution in [0.1, 0.15) is 18.4 Å². The Morgan fingerprint density at radius 2 is 1.91 bits per heavy atom. The molecule has 2 aromatic carbocycles. The van der Waals surface area contributed by atoms with Crippen LogP contribution in [0.5, 0.6) is 5.75 Å². The monoisotopic (exact) mass is 313 g/mol. The quantitative estimate of drug-likeness (QED) is 0.658. The molecule has 1 saturated carbocycles. The van der Waals surface area contributed by atoms with Gasteiger partial charge in [0.1, 0.15) is 11.6 Å². The van der Waals surface area contributed by atoms with Gasteiger partial charge in [-0.2, -0.15) is 0 Å². The molecule has 23 heavy (non-hydrogen) atoms. The molecule has 0 aromatic heterocycles. The third-order valence-electron chi connectivity index (χ3n) is 4.21. The van der Waals surface area contributed by atoms with Crippen LogP contribution in [-0.4, -0.2) is 19.6 Å². The average molecular weight is 313 g/mol. The molecule has 0 heterocycles. The molecule has 5 heteroatoms. The van der Waals surface area contributed by atoms with Gasteiger partial charge in [-0.3, -0.25) is 4.99 Å². The molecule has 2 aromatic rings. The molecular formula is C18H20FN3O. The largest absolute Gasteiger partial charge is 0.497 e. The molecule has 0 amide bonds. The molecule has 1 aliphatic rings. The normalized spacial score (nSPS) is 16.0. The second-order valence-corrected chi connectivity index (χ2v) is 5.82. The lowest BCUT2D eigenvalue weighted by Crippen LogP contribution is -2.25. The van der Waals surface area contributed by atoms with Crippen LogP contribution in [0, 0.1) is 5.82 Å². The maximum absolute atomic E-state index is 14.0. The second kappa shape index (κ2) is 6.28. The van der Waals surface area contributed by atoms with Gasteiger partial charge < -0.3 is 15.8 Å². The SMILES string of the molecule is COc1ccc(NC(N)=NCC2(c3ccccc3F)CC2)cc1. The molecule has 0 saturated heterocycles. The number of halogens is 1. The van der Waals surface area contributed by atoms with Gasteiger partial charge in [-0.1, -0.05) is 18.2 Å². The summed E-state index contributed by atoms with van der Waals surface area (Å²) in [4.78, 5) is 4.40. The fourth-order valence-corrected chi connectivity index (χ4v) is 2.65. The van der Waals surface area contributed by atoms with Gasteiger partial charge >= 0.3 is 0 Å². The lowest BCUT2D eigenvalue weighted by molar-refractivity contribution is 0.415. The van der Waals surface area contributed by atoms with E-state index >= 15 is 0 Å². The lowest BCUT2D eigenvalue weighted by Gasteiger charge is -2.14. The molecule has 3 rings (SSSR count). The molecule has 0 aliphatic heterocycles. The van der Waals surface area contributed by atoms with Crippen LogP contribution in [-0.2, 0) is 5.41 Å². The van der Waals surface area contributed by atoms with Gasteiger partial charge in [0.05, 0.1) is 13.7 Å². The summed E-state index contributed by atoms with van der Waals surface area (Å²) < 4.78 is 19.1. The van der Waals surface area contributed by atoms with Crippen molar-refractivity contribution in [2.45, 2.75) is 18.3 Å². The van der Waals surface area contributed by atoms with Crippen LogP contribution in [0.25, 0.3) is 0 Å². The van der Waals surface area contributed by atoms with E-state index in [9.17, 15) is 4.39 Å². The first-order chi connectivity index (χ1) is 11.1. The van der Waals surface area contributed by atoms with E-state index in [4.69, 9.17) is 10.5 Å². The molecule has 0 bridgehead atoms. The van der Waals surface area contributed by atoms with Crippen molar-refractivity contribution in [3.05, 3.63) is 59.9 Å².